The second-order valence-electron chi connectivity index (χ2n) is 10.9. The molecule has 1 unspecified atom stereocenters. The molecule has 0 fully saturated rings. The molecular weight excluding hydrogens is 366 g/mol. The van der Waals surface area contributed by atoms with Crippen LogP contribution in [0.4, 0.5) is 0 Å². The van der Waals surface area contributed by atoms with Crippen LogP contribution in [-0.2, 0) is 21.1 Å². The molecule has 3 aliphatic rings. The zero-order valence-electron chi connectivity index (χ0n) is 18.8. The van der Waals surface area contributed by atoms with Crippen LogP contribution in [0.5, 0.6) is 0 Å². The van der Waals surface area contributed by atoms with E-state index >= 15 is 0 Å². The number of fused-ring (bicyclic) bond motifs is 3. The van der Waals surface area contributed by atoms with Crippen molar-refractivity contribution in [1.82, 2.24) is 5.06 Å². The monoisotopic (exact) mass is 401 g/mol. The van der Waals surface area contributed by atoms with E-state index in [0.29, 0.717) is 0 Å². The van der Waals surface area contributed by atoms with E-state index < -0.39 is 19.4 Å². The quantitative estimate of drug-likeness (QED) is 0.356. The van der Waals surface area contributed by atoms with Crippen molar-refractivity contribution in [1.29, 1.82) is 0 Å². The molecule has 0 aromatic rings. The standard InChI is InChI=1S/C23H35NO3Si/c1-10-16-17-14-12-11-13-15-18(17)19-20(16)28(8,9,23(5,6)7)27-26-21(19)24(25)22(2,3)4/h11-15,21H,10H2,1-9H3/q-1. The molecule has 3 rings (SSSR count). The Labute approximate surface area is 170 Å². The van der Waals surface area contributed by atoms with Gasteiger partial charge in [-0.1, -0.05) is 0 Å². The van der Waals surface area contributed by atoms with Crippen molar-refractivity contribution in [3.63, 3.8) is 0 Å². The van der Waals surface area contributed by atoms with Crippen molar-refractivity contribution in [2.75, 3.05) is 0 Å². The summed E-state index contributed by atoms with van der Waals surface area (Å²) in [6.07, 6.45) is 0.116. The first-order valence-corrected chi connectivity index (χ1v) is 13.7. The normalized spacial score (nSPS) is 23.2. The van der Waals surface area contributed by atoms with Gasteiger partial charge in [-0.2, -0.15) is 0 Å². The van der Waals surface area contributed by atoms with Crippen molar-refractivity contribution < 1.29 is 14.7 Å². The summed E-state index contributed by atoms with van der Waals surface area (Å²) < 4.78 is 6.38. The predicted molar refractivity (Wildman–Crippen MR) is 116 cm³/mol. The Morgan fingerprint density at radius 3 is 2.07 bits per heavy atom. The summed E-state index contributed by atoms with van der Waals surface area (Å²) >= 11 is 0. The second-order valence-corrected chi connectivity index (χ2v) is 17.5. The number of hydrogen-bond acceptors (Lipinski definition) is 3. The van der Waals surface area contributed by atoms with E-state index in [4.69, 9.17) is 9.46 Å². The van der Waals surface area contributed by atoms with Crippen molar-refractivity contribution in [2.24, 2.45) is 0 Å². The van der Waals surface area contributed by atoms with Gasteiger partial charge in [-0.3, -0.25) is 0 Å². The zero-order valence-corrected chi connectivity index (χ0v) is 19.8. The predicted octanol–water partition coefficient (Wildman–Crippen LogP) is 5.93. The summed E-state index contributed by atoms with van der Waals surface area (Å²) in [5.74, 6) is 0. The summed E-state index contributed by atoms with van der Waals surface area (Å²) in [5.41, 5.74) is 4.00. The van der Waals surface area contributed by atoms with Crippen LogP contribution in [0.3, 0.4) is 0 Å². The van der Waals surface area contributed by atoms with Gasteiger partial charge in [0, 0.05) is 0 Å². The molecule has 0 aromatic carbocycles. The first-order chi connectivity index (χ1) is 12.7. The van der Waals surface area contributed by atoms with Crippen molar-refractivity contribution in [2.45, 2.75) is 84.8 Å². The summed E-state index contributed by atoms with van der Waals surface area (Å²) in [5, 5.41) is 15.5. The maximum atomic E-state index is 13.3. The molecule has 0 bridgehead atoms. The van der Waals surface area contributed by atoms with Crippen LogP contribution in [0.1, 0.15) is 65.8 Å². The molecule has 2 aliphatic carbocycles. The van der Waals surface area contributed by atoms with Crippen LogP contribution in [-0.4, -0.2) is 18.2 Å². The number of rotatable bonds is 2. The SMILES string of the molecule is CCc1c2cccccc-2c2c1[Si-](C)(C)(C(C)(C)C)OOC2N([O])C(C)(C)C. The molecule has 1 aliphatic heterocycles. The van der Waals surface area contributed by atoms with Crippen molar-refractivity contribution in [3.8, 4) is 11.1 Å². The van der Waals surface area contributed by atoms with Crippen LogP contribution in [0, 0.1) is 0 Å². The molecule has 0 aromatic heterocycles. The third kappa shape index (κ3) is 2.87. The average molecular weight is 402 g/mol. The van der Waals surface area contributed by atoms with Crippen LogP contribution >= 0.6 is 0 Å². The summed E-state index contributed by atoms with van der Waals surface area (Å²) in [6.45, 7) is 19.1. The van der Waals surface area contributed by atoms with E-state index in [0.717, 1.165) is 22.6 Å². The first kappa shape index (κ1) is 21.5. The molecule has 1 heterocycles. The molecule has 4 nitrogen and oxygen atoms in total. The maximum absolute atomic E-state index is 13.3. The Morgan fingerprint density at radius 2 is 1.57 bits per heavy atom. The molecule has 0 saturated carbocycles. The third-order valence-electron chi connectivity index (χ3n) is 7.00. The van der Waals surface area contributed by atoms with E-state index in [1.165, 1.54) is 16.3 Å². The average Bonchev–Trinajstić information content (AvgIpc) is 2.72. The fourth-order valence-electron chi connectivity index (χ4n) is 4.22. The Bertz CT molecular complexity index is 863. The molecule has 0 N–H and O–H groups in total. The number of hydroxylamine groups is 2. The molecule has 28 heavy (non-hydrogen) atoms. The summed E-state index contributed by atoms with van der Waals surface area (Å²) in [6, 6.07) is 10.4. The molecule has 1 radical (unpaired) electrons. The van der Waals surface area contributed by atoms with Crippen LogP contribution < -0.4 is 5.19 Å². The molecule has 5 heteroatoms. The van der Waals surface area contributed by atoms with Gasteiger partial charge in [-0.15, -0.1) is 0 Å². The first-order valence-electron chi connectivity index (χ1n) is 10.3. The van der Waals surface area contributed by atoms with Crippen LogP contribution in [0.15, 0.2) is 30.3 Å². The fraction of sp³-hybridized carbons (Fsp3) is 0.565. The summed E-state index contributed by atoms with van der Waals surface area (Å²) in [7, 11) is -3.28. The van der Waals surface area contributed by atoms with Crippen LogP contribution in [0.2, 0.25) is 18.1 Å². The van der Waals surface area contributed by atoms with Gasteiger partial charge in [0.25, 0.3) is 0 Å². The van der Waals surface area contributed by atoms with Gasteiger partial charge in [0.2, 0.25) is 0 Å². The van der Waals surface area contributed by atoms with Crippen molar-refractivity contribution in [3.05, 3.63) is 41.5 Å². The van der Waals surface area contributed by atoms with Gasteiger partial charge in [-0.05, 0) is 0 Å². The van der Waals surface area contributed by atoms with Gasteiger partial charge in [-0.25, -0.2) is 0 Å². The summed E-state index contributed by atoms with van der Waals surface area (Å²) in [4.78, 5) is 6.02. The third-order valence-corrected chi connectivity index (χ3v) is 14.0. The number of nitrogens with zero attached hydrogens (tertiary/aromatic N) is 1. The Balaban J connectivity index is 2.46. The Kier molecular flexibility index (Phi) is 4.89. The van der Waals surface area contributed by atoms with E-state index in [1.54, 1.807) is 0 Å². The zero-order chi connectivity index (χ0) is 21.1. The molecule has 155 valence electrons. The fourth-order valence-corrected chi connectivity index (χ4v) is 7.91. The van der Waals surface area contributed by atoms with Gasteiger partial charge in [0.15, 0.2) is 0 Å². The molecule has 1 atom stereocenters. The molecule has 0 amide bonds. The molecule has 0 spiro atoms. The molecular formula is C23H35NO3Si-. The second kappa shape index (κ2) is 6.38. The van der Waals surface area contributed by atoms with E-state index in [9.17, 15) is 5.21 Å². The van der Waals surface area contributed by atoms with Gasteiger partial charge in [0.05, 0.1) is 0 Å². The Morgan fingerprint density at radius 1 is 1.00 bits per heavy atom. The number of hydrogen-bond donors (Lipinski definition) is 0. The van der Waals surface area contributed by atoms with Gasteiger partial charge >= 0.3 is 170 Å². The topological polar surface area (TPSA) is 41.6 Å². The molecule has 0 saturated heterocycles. The van der Waals surface area contributed by atoms with E-state index in [-0.39, 0.29) is 5.04 Å². The minimum absolute atomic E-state index is 0.119. The van der Waals surface area contributed by atoms with Gasteiger partial charge in [0.1, 0.15) is 0 Å². The van der Waals surface area contributed by atoms with E-state index in [2.05, 4.69) is 59.0 Å². The minimum atomic E-state index is -3.28. The van der Waals surface area contributed by atoms with Crippen LogP contribution in [0.25, 0.3) is 11.1 Å². The Hall–Kier alpha value is -1.24. The van der Waals surface area contributed by atoms with Gasteiger partial charge < -0.3 is 0 Å². The van der Waals surface area contributed by atoms with Crippen molar-refractivity contribution >= 4 is 12.8 Å². The van der Waals surface area contributed by atoms with E-state index in [1.807, 2.05) is 32.9 Å².